The predicted molar refractivity (Wildman–Crippen MR) is 129 cm³/mol. The van der Waals surface area contributed by atoms with Crippen molar-refractivity contribution in [2.24, 2.45) is 11.8 Å². The third-order valence-corrected chi connectivity index (χ3v) is 7.25. The van der Waals surface area contributed by atoms with Gasteiger partial charge in [-0.25, -0.2) is 0 Å². The Kier molecular flexibility index (Phi) is 7.78. The highest BCUT2D eigenvalue weighted by Crippen LogP contribution is 2.40. The molecule has 4 nitrogen and oxygen atoms in total. The Morgan fingerprint density at radius 1 is 1.19 bits per heavy atom. The third-order valence-electron chi connectivity index (χ3n) is 6.53. The SMILES string of the molecule is COC(=O)C1CN(CC2=C(Cl)C3=CCC(OC[C@@H](C)Cc4ccc(Cl)cc4)C=C3CC2)C1. The van der Waals surface area contributed by atoms with Crippen LogP contribution in [-0.4, -0.2) is 50.3 Å². The molecule has 1 aromatic rings. The van der Waals surface area contributed by atoms with Crippen LogP contribution in [0.3, 0.4) is 0 Å². The van der Waals surface area contributed by atoms with Gasteiger partial charge < -0.3 is 9.47 Å². The Balaban J connectivity index is 1.27. The fourth-order valence-electron chi connectivity index (χ4n) is 4.70. The van der Waals surface area contributed by atoms with E-state index < -0.39 is 0 Å². The number of halogens is 2. The summed E-state index contributed by atoms with van der Waals surface area (Å²) in [4.78, 5) is 13.9. The van der Waals surface area contributed by atoms with Crippen molar-refractivity contribution in [2.45, 2.75) is 38.7 Å². The van der Waals surface area contributed by atoms with Crippen LogP contribution in [0.1, 0.15) is 31.7 Å². The average molecular weight is 476 g/mol. The minimum atomic E-state index is -0.112. The van der Waals surface area contributed by atoms with Crippen molar-refractivity contribution in [3.8, 4) is 0 Å². The molecule has 172 valence electrons. The molecule has 3 aliphatic rings. The molecular weight excluding hydrogens is 445 g/mol. The van der Waals surface area contributed by atoms with Crippen molar-refractivity contribution >= 4 is 29.2 Å². The zero-order valence-corrected chi connectivity index (χ0v) is 20.3. The zero-order chi connectivity index (χ0) is 22.7. The van der Waals surface area contributed by atoms with Crippen LogP contribution in [0.4, 0.5) is 0 Å². The number of rotatable bonds is 8. The molecule has 4 rings (SSSR count). The molecule has 2 atom stereocenters. The molecule has 6 heteroatoms. The molecule has 1 saturated heterocycles. The summed E-state index contributed by atoms with van der Waals surface area (Å²) in [6, 6.07) is 8.05. The number of methoxy groups -OCH3 is 1. The molecule has 0 radical (unpaired) electrons. The lowest BCUT2D eigenvalue weighted by Gasteiger charge is -2.39. The van der Waals surface area contributed by atoms with Crippen LogP contribution in [0.25, 0.3) is 0 Å². The fraction of sp³-hybridized carbons (Fsp3) is 0.500. The summed E-state index contributed by atoms with van der Waals surface area (Å²) < 4.78 is 11.1. The van der Waals surface area contributed by atoms with E-state index in [4.69, 9.17) is 32.7 Å². The van der Waals surface area contributed by atoms with Crippen LogP contribution in [0.15, 0.2) is 58.2 Å². The Morgan fingerprint density at radius 2 is 1.94 bits per heavy atom. The maximum Gasteiger partial charge on any atom is 0.311 e. The molecule has 1 aliphatic heterocycles. The average Bonchev–Trinajstić information content (AvgIpc) is 2.77. The second-order valence-corrected chi connectivity index (χ2v) is 10.00. The van der Waals surface area contributed by atoms with Gasteiger partial charge in [0.15, 0.2) is 0 Å². The van der Waals surface area contributed by atoms with Crippen LogP contribution < -0.4 is 0 Å². The zero-order valence-electron chi connectivity index (χ0n) is 18.8. The van der Waals surface area contributed by atoms with Gasteiger partial charge in [0, 0.05) is 29.7 Å². The molecule has 0 N–H and O–H groups in total. The van der Waals surface area contributed by atoms with E-state index in [0.717, 1.165) is 62.0 Å². The first kappa shape index (κ1) is 23.6. The summed E-state index contributed by atoms with van der Waals surface area (Å²) in [6.45, 7) is 5.29. The second-order valence-electron chi connectivity index (χ2n) is 9.18. The van der Waals surface area contributed by atoms with Crippen LogP contribution >= 0.6 is 23.2 Å². The molecule has 1 aromatic carbocycles. The number of ether oxygens (including phenoxy) is 2. The van der Waals surface area contributed by atoms with E-state index in [2.05, 4.69) is 36.1 Å². The van der Waals surface area contributed by atoms with E-state index in [1.54, 1.807) is 0 Å². The van der Waals surface area contributed by atoms with Crippen LogP contribution in [0.2, 0.25) is 5.02 Å². The maximum atomic E-state index is 11.6. The Labute approximate surface area is 200 Å². The number of fused-ring (bicyclic) bond motifs is 1. The van der Waals surface area contributed by atoms with Gasteiger partial charge >= 0.3 is 5.97 Å². The quantitative estimate of drug-likeness (QED) is 0.461. The van der Waals surface area contributed by atoms with Gasteiger partial charge in [0.25, 0.3) is 0 Å². The van der Waals surface area contributed by atoms with E-state index in [0.29, 0.717) is 5.92 Å². The topological polar surface area (TPSA) is 38.8 Å². The summed E-state index contributed by atoms with van der Waals surface area (Å²) >= 11 is 12.8. The molecule has 1 heterocycles. The minimum absolute atomic E-state index is 0.00677. The van der Waals surface area contributed by atoms with E-state index in [1.165, 1.54) is 29.4 Å². The van der Waals surface area contributed by atoms with Gasteiger partial charge in [-0.1, -0.05) is 54.4 Å². The van der Waals surface area contributed by atoms with Crippen LogP contribution in [0, 0.1) is 11.8 Å². The van der Waals surface area contributed by atoms with Crippen LogP contribution in [-0.2, 0) is 20.7 Å². The van der Waals surface area contributed by atoms with Gasteiger partial charge in [-0.2, -0.15) is 0 Å². The number of hydrogen-bond acceptors (Lipinski definition) is 4. The van der Waals surface area contributed by atoms with Crippen LogP contribution in [0.5, 0.6) is 0 Å². The van der Waals surface area contributed by atoms with Gasteiger partial charge in [-0.3, -0.25) is 9.69 Å². The molecule has 0 bridgehead atoms. The smallest absolute Gasteiger partial charge is 0.311 e. The van der Waals surface area contributed by atoms with E-state index in [9.17, 15) is 4.79 Å². The van der Waals surface area contributed by atoms with Crippen molar-refractivity contribution in [1.82, 2.24) is 4.90 Å². The van der Waals surface area contributed by atoms with Crippen molar-refractivity contribution in [3.05, 3.63) is 68.8 Å². The molecule has 0 saturated carbocycles. The number of carbonyl (C=O) groups is 1. The Hall–Kier alpha value is -1.59. The molecule has 1 fully saturated rings. The van der Waals surface area contributed by atoms with Crippen molar-refractivity contribution in [2.75, 3.05) is 33.4 Å². The van der Waals surface area contributed by atoms with Gasteiger partial charge in [-0.15, -0.1) is 0 Å². The molecule has 0 amide bonds. The van der Waals surface area contributed by atoms with Gasteiger partial charge in [0.1, 0.15) is 0 Å². The highest BCUT2D eigenvalue weighted by molar-refractivity contribution is 6.33. The molecule has 1 unspecified atom stereocenters. The van der Waals surface area contributed by atoms with Gasteiger partial charge in [0.2, 0.25) is 0 Å². The summed E-state index contributed by atoms with van der Waals surface area (Å²) in [7, 11) is 1.45. The molecule has 0 aromatic heterocycles. The largest absolute Gasteiger partial charge is 0.469 e. The standard InChI is InChI=1S/C26H31Cl2NO3/c1-17(11-18-3-7-22(27)8-4-18)16-32-23-9-10-24-19(12-23)5-6-20(25(24)28)13-29-14-21(15-29)26(30)31-2/h3-4,7-8,10,12,17,21,23H,5-6,9,11,13-16H2,1-2H3/t17-,23?/m0/s1. The number of benzene rings is 1. The molecule has 32 heavy (non-hydrogen) atoms. The molecule has 2 aliphatic carbocycles. The summed E-state index contributed by atoms with van der Waals surface area (Å²) in [5.41, 5.74) is 5.03. The second kappa shape index (κ2) is 10.6. The van der Waals surface area contributed by atoms with E-state index >= 15 is 0 Å². The first-order valence-electron chi connectivity index (χ1n) is 11.4. The number of hydrogen-bond donors (Lipinski definition) is 0. The maximum absolute atomic E-state index is 11.6. The third kappa shape index (κ3) is 5.66. The number of likely N-dealkylation sites (tertiary alicyclic amines) is 1. The molecule has 0 spiro atoms. The highest BCUT2D eigenvalue weighted by Gasteiger charge is 2.35. The molecular formula is C26H31Cl2NO3. The minimum Gasteiger partial charge on any atom is -0.469 e. The van der Waals surface area contributed by atoms with Crippen molar-refractivity contribution in [1.29, 1.82) is 0 Å². The lowest BCUT2D eigenvalue weighted by Crippen LogP contribution is -2.51. The normalized spacial score (nSPS) is 22.6. The lowest BCUT2D eigenvalue weighted by atomic mass is 9.84. The first-order chi connectivity index (χ1) is 15.4. The Morgan fingerprint density at radius 3 is 2.66 bits per heavy atom. The van der Waals surface area contributed by atoms with Crippen molar-refractivity contribution < 1.29 is 14.3 Å². The summed E-state index contributed by atoms with van der Waals surface area (Å²) in [5.74, 6) is 0.331. The summed E-state index contributed by atoms with van der Waals surface area (Å²) in [6.07, 6.45) is 8.40. The van der Waals surface area contributed by atoms with E-state index in [1.807, 2.05) is 12.1 Å². The highest BCUT2D eigenvalue weighted by atomic mass is 35.5. The number of allylic oxidation sites excluding steroid dienone is 3. The predicted octanol–water partition coefficient (Wildman–Crippen LogP) is 5.55. The van der Waals surface area contributed by atoms with E-state index in [-0.39, 0.29) is 18.0 Å². The Bertz CT molecular complexity index is 929. The number of esters is 1. The van der Waals surface area contributed by atoms with Crippen molar-refractivity contribution in [3.63, 3.8) is 0 Å². The fourth-order valence-corrected chi connectivity index (χ4v) is 5.18. The first-order valence-corrected chi connectivity index (χ1v) is 12.1. The summed E-state index contributed by atoms with van der Waals surface area (Å²) in [5, 5.41) is 1.66. The number of nitrogens with zero attached hydrogens (tertiary/aromatic N) is 1. The van der Waals surface area contributed by atoms with Gasteiger partial charge in [0.05, 0.1) is 25.7 Å². The lowest BCUT2D eigenvalue weighted by molar-refractivity contribution is -0.151. The van der Waals surface area contributed by atoms with Gasteiger partial charge in [-0.05, 0) is 66.0 Å². The number of carbonyl (C=O) groups excluding carboxylic acids is 1. The monoisotopic (exact) mass is 475 g/mol.